The third kappa shape index (κ3) is 4.45. The van der Waals surface area contributed by atoms with E-state index in [1.165, 1.54) is 18.2 Å². The number of benzene rings is 2. The molecule has 0 aliphatic heterocycles. The van der Waals surface area contributed by atoms with Crippen molar-refractivity contribution in [3.8, 4) is 0 Å². The largest absolute Gasteiger partial charge is 0.463 e. The summed E-state index contributed by atoms with van der Waals surface area (Å²) in [6.45, 7) is 2.06. The standard InChI is InChI=1S/C17H16FNO2/c1-2-21-17(20)12-16(13-6-4-3-5-7-13)19-15-10-8-14(18)9-11-15/h3-12,19H,2H2,1H3/b16-12+. The third-order valence-corrected chi connectivity index (χ3v) is 2.76. The Morgan fingerprint density at radius 1 is 1.14 bits per heavy atom. The van der Waals surface area contributed by atoms with Gasteiger partial charge >= 0.3 is 5.97 Å². The fraction of sp³-hybridized carbons (Fsp3) is 0.118. The van der Waals surface area contributed by atoms with E-state index in [0.29, 0.717) is 18.0 Å². The molecule has 2 aromatic carbocycles. The van der Waals surface area contributed by atoms with Crippen LogP contribution in [0.3, 0.4) is 0 Å². The minimum Gasteiger partial charge on any atom is -0.463 e. The Morgan fingerprint density at radius 2 is 1.81 bits per heavy atom. The zero-order chi connectivity index (χ0) is 15.1. The molecule has 0 radical (unpaired) electrons. The van der Waals surface area contributed by atoms with Crippen LogP contribution in [0.5, 0.6) is 0 Å². The molecule has 0 fully saturated rings. The first-order valence-corrected chi connectivity index (χ1v) is 6.65. The molecule has 0 aliphatic rings. The molecule has 0 bridgehead atoms. The van der Waals surface area contributed by atoms with Gasteiger partial charge < -0.3 is 10.1 Å². The average Bonchev–Trinajstić information content (AvgIpc) is 2.50. The first-order chi connectivity index (χ1) is 10.2. The summed E-state index contributed by atoms with van der Waals surface area (Å²) in [6, 6.07) is 15.3. The van der Waals surface area contributed by atoms with Crippen LogP contribution in [0, 0.1) is 5.82 Å². The lowest BCUT2D eigenvalue weighted by Gasteiger charge is -2.11. The van der Waals surface area contributed by atoms with Crippen molar-refractivity contribution in [3.63, 3.8) is 0 Å². The van der Waals surface area contributed by atoms with Gasteiger partial charge in [-0.2, -0.15) is 0 Å². The van der Waals surface area contributed by atoms with Crippen molar-refractivity contribution in [2.75, 3.05) is 11.9 Å². The van der Waals surface area contributed by atoms with Gasteiger partial charge in [0.05, 0.1) is 12.3 Å². The fourth-order valence-corrected chi connectivity index (χ4v) is 1.80. The van der Waals surface area contributed by atoms with E-state index in [2.05, 4.69) is 5.32 Å². The number of ether oxygens (including phenoxy) is 1. The number of anilines is 1. The van der Waals surface area contributed by atoms with Crippen LogP contribution < -0.4 is 5.32 Å². The number of halogens is 1. The number of nitrogens with one attached hydrogen (secondary N) is 1. The quantitative estimate of drug-likeness (QED) is 0.670. The lowest BCUT2D eigenvalue weighted by Crippen LogP contribution is -2.05. The normalized spacial score (nSPS) is 11.0. The smallest absolute Gasteiger partial charge is 0.332 e. The molecule has 0 spiro atoms. The SMILES string of the molecule is CCOC(=O)/C=C(/Nc1ccc(F)cc1)c1ccccc1. The summed E-state index contributed by atoms with van der Waals surface area (Å²) in [5, 5.41) is 3.11. The molecule has 2 rings (SSSR count). The summed E-state index contributed by atoms with van der Waals surface area (Å²) in [6.07, 6.45) is 1.39. The van der Waals surface area contributed by atoms with Gasteiger partial charge in [-0.25, -0.2) is 9.18 Å². The number of hydrogen-bond donors (Lipinski definition) is 1. The first kappa shape index (κ1) is 14.8. The van der Waals surface area contributed by atoms with Crippen molar-refractivity contribution in [1.29, 1.82) is 0 Å². The molecule has 0 saturated heterocycles. The molecule has 0 aromatic heterocycles. The lowest BCUT2D eigenvalue weighted by atomic mass is 10.1. The van der Waals surface area contributed by atoms with Gasteiger partial charge in [-0.15, -0.1) is 0 Å². The van der Waals surface area contributed by atoms with Crippen LogP contribution in [-0.4, -0.2) is 12.6 Å². The van der Waals surface area contributed by atoms with Crippen molar-refractivity contribution in [2.24, 2.45) is 0 Å². The van der Waals surface area contributed by atoms with E-state index in [4.69, 9.17) is 4.74 Å². The third-order valence-electron chi connectivity index (χ3n) is 2.76. The van der Waals surface area contributed by atoms with Gasteiger partial charge in [-0.1, -0.05) is 30.3 Å². The van der Waals surface area contributed by atoms with E-state index in [1.807, 2.05) is 30.3 Å². The van der Waals surface area contributed by atoms with E-state index in [-0.39, 0.29) is 5.82 Å². The Labute approximate surface area is 123 Å². The molecule has 0 saturated carbocycles. The van der Waals surface area contributed by atoms with Gasteiger partial charge in [-0.3, -0.25) is 0 Å². The van der Waals surface area contributed by atoms with Crippen LogP contribution in [0.15, 0.2) is 60.7 Å². The molecule has 4 heteroatoms. The van der Waals surface area contributed by atoms with E-state index in [0.717, 1.165) is 5.56 Å². The van der Waals surface area contributed by atoms with E-state index in [9.17, 15) is 9.18 Å². The summed E-state index contributed by atoms with van der Waals surface area (Å²) in [4.78, 5) is 11.7. The van der Waals surface area contributed by atoms with E-state index in [1.54, 1.807) is 19.1 Å². The van der Waals surface area contributed by atoms with Crippen molar-refractivity contribution >= 4 is 17.4 Å². The highest BCUT2D eigenvalue weighted by Gasteiger charge is 2.06. The molecular formula is C17H16FNO2. The Kier molecular flexibility index (Phi) is 5.10. The fourth-order valence-electron chi connectivity index (χ4n) is 1.80. The average molecular weight is 285 g/mol. The monoisotopic (exact) mass is 285 g/mol. The minimum atomic E-state index is -0.425. The van der Waals surface area contributed by atoms with Crippen molar-refractivity contribution in [3.05, 3.63) is 72.1 Å². The highest BCUT2D eigenvalue weighted by Crippen LogP contribution is 2.19. The molecule has 0 unspecified atom stereocenters. The topological polar surface area (TPSA) is 38.3 Å². The number of hydrogen-bond acceptors (Lipinski definition) is 3. The summed E-state index contributed by atoms with van der Waals surface area (Å²) in [5.41, 5.74) is 2.13. The summed E-state index contributed by atoms with van der Waals surface area (Å²) in [5.74, 6) is -0.734. The number of rotatable bonds is 5. The van der Waals surface area contributed by atoms with Crippen molar-refractivity contribution in [1.82, 2.24) is 0 Å². The molecule has 0 aliphatic carbocycles. The Bertz CT molecular complexity index is 621. The van der Waals surface area contributed by atoms with Gasteiger partial charge in [0.2, 0.25) is 0 Å². The van der Waals surface area contributed by atoms with Crippen LogP contribution in [0.1, 0.15) is 12.5 Å². The molecule has 1 N–H and O–H groups in total. The molecule has 0 heterocycles. The Morgan fingerprint density at radius 3 is 2.43 bits per heavy atom. The minimum absolute atomic E-state index is 0.309. The number of carbonyl (C=O) groups is 1. The predicted octanol–water partition coefficient (Wildman–Crippen LogP) is 3.84. The second-order valence-corrected chi connectivity index (χ2v) is 4.31. The van der Waals surface area contributed by atoms with Gasteiger partial charge in [0.15, 0.2) is 0 Å². The molecule has 21 heavy (non-hydrogen) atoms. The van der Waals surface area contributed by atoms with Crippen LogP contribution in [0.2, 0.25) is 0 Å². The second kappa shape index (κ2) is 7.24. The molecule has 2 aromatic rings. The van der Waals surface area contributed by atoms with E-state index < -0.39 is 5.97 Å². The van der Waals surface area contributed by atoms with Crippen molar-refractivity contribution < 1.29 is 13.9 Å². The highest BCUT2D eigenvalue weighted by atomic mass is 19.1. The van der Waals surface area contributed by atoms with Gasteiger partial charge in [0.1, 0.15) is 5.82 Å². The van der Waals surface area contributed by atoms with Crippen molar-refractivity contribution in [2.45, 2.75) is 6.92 Å². The maximum Gasteiger partial charge on any atom is 0.332 e. The van der Waals surface area contributed by atoms with Gasteiger partial charge in [-0.05, 0) is 36.8 Å². The Hall–Kier alpha value is -2.62. The van der Waals surface area contributed by atoms with Gasteiger partial charge in [0, 0.05) is 11.8 Å². The van der Waals surface area contributed by atoms with Crippen LogP contribution in [0.4, 0.5) is 10.1 Å². The zero-order valence-corrected chi connectivity index (χ0v) is 11.7. The van der Waals surface area contributed by atoms with Crippen LogP contribution in [-0.2, 0) is 9.53 Å². The zero-order valence-electron chi connectivity index (χ0n) is 11.7. The first-order valence-electron chi connectivity index (χ1n) is 6.65. The molecule has 108 valence electrons. The molecule has 0 atom stereocenters. The van der Waals surface area contributed by atoms with Crippen LogP contribution >= 0.6 is 0 Å². The predicted molar refractivity (Wildman–Crippen MR) is 81.1 cm³/mol. The summed E-state index contributed by atoms with van der Waals surface area (Å²) >= 11 is 0. The van der Waals surface area contributed by atoms with Gasteiger partial charge in [0.25, 0.3) is 0 Å². The Balaban J connectivity index is 2.28. The summed E-state index contributed by atoms with van der Waals surface area (Å²) in [7, 11) is 0. The maximum absolute atomic E-state index is 12.9. The van der Waals surface area contributed by atoms with Crippen LogP contribution in [0.25, 0.3) is 5.70 Å². The molecule has 0 amide bonds. The van der Waals surface area contributed by atoms with E-state index >= 15 is 0 Å². The molecule has 3 nitrogen and oxygen atoms in total. The second-order valence-electron chi connectivity index (χ2n) is 4.31. The molecular weight excluding hydrogens is 269 g/mol. The lowest BCUT2D eigenvalue weighted by molar-refractivity contribution is -0.137. The number of esters is 1. The number of carbonyl (C=O) groups excluding carboxylic acids is 1. The maximum atomic E-state index is 12.9. The summed E-state index contributed by atoms with van der Waals surface area (Å²) < 4.78 is 17.9. The highest BCUT2D eigenvalue weighted by molar-refractivity contribution is 5.94.